The van der Waals surface area contributed by atoms with Crippen LogP contribution in [0.15, 0.2) is 35.7 Å². The molecule has 1 heterocycles. The van der Waals surface area contributed by atoms with Crippen LogP contribution in [-0.4, -0.2) is 27.9 Å². The Balaban J connectivity index is 2.33. The number of hydrogen-bond acceptors (Lipinski definition) is 5. The number of nitrogens with two attached hydrogens (primary N) is 1. The Morgan fingerprint density at radius 3 is 2.68 bits per heavy atom. The minimum absolute atomic E-state index is 0.0296. The van der Waals surface area contributed by atoms with Gasteiger partial charge in [0.15, 0.2) is 5.16 Å². The van der Waals surface area contributed by atoms with Crippen LogP contribution in [0.25, 0.3) is 0 Å². The fourth-order valence-corrected chi connectivity index (χ4v) is 2.92. The molecule has 0 aliphatic rings. The molecule has 0 bridgehead atoms. The van der Waals surface area contributed by atoms with Crippen LogP contribution in [0.2, 0.25) is 0 Å². The summed E-state index contributed by atoms with van der Waals surface area (Å²) >= 11 is 1.60. The maximum absolute atomic E-state index is 6.13. The summed E-state index contributed by atoms with van der Waals surface area (Å²) < 4.78 is 7.30. The highest BCUT2D eigenvalue weighted by molar-refractivity contribution is 7.99. The smallest absolute Gasteiger partial charge is 0.191 e. The monoisotopic (exact) mass is 278 g/mol. The topological polar surface area (TPSA) is 66.0 Å². The zero-order valence-corrected chi connectivity index (χ0v) is 12.1. The van der Waals surface area contributed by atoms with E-state index in [4.69, 9.17) is 10.5 Å². The van der Waals surface area contributed by atoms with Gasteiger partial charge in [-0.2, -0.15) is 0 Å². The van der Waals surface area contributed by atoms with Gasteiger partial charge in [-0.3, -0.25) is 0 Å². The third kappa shape index (κ3) is 3.08. The lowest BCUT2D eigenvalue weighted by Crippen LogP contribution is -2.23. The fourth-order valence-electron chi connectivity index (χ4n) is 1.85. The van der Waals surface area contributed by atoms with E-state index < -0.39 is 0 Å². The zero-order chi connectivity index (χ0) is 13.8. The molecule has 2 aromatic rings. The number of aryl methyl sites for hydroxylation is 1. The maximum Gasteiger partial charge on any atom is 0.191 e. The molecule has 19 heavy (non-hydrogen) atoms. The molecule has 2 rings (SSSR count). The molecule has 1 aromatic carbocycles. The van der Waals surface area contributed by atoms with Crippen LogP contribution in [0, 0.1) is 0 Å². The second-order valence-corrected chi connectivity index (χ2v) is 5.47. The molecule has 5 nitrogen and oxygen atoms in total. The summed E-state index contributed by atoms with van der Waals surface area (Å²) in [6.45, 7) is 1.99. The first-order chi connectivity index (χ1) is 9.13. The van der Waals surface area contributed by atoms with Gasteiger partial charge < -0.3 is 15.0 Å². The lowest BCUT2D eigenvalue weighted by atomic mass is 10.1. The Morgan fingerprint density at radius 2 is 2.11 bits per heavy atom. The molecule has 0 fully saturated rings. The molecule has 2 N–H and O–H groups in total. The summed E-state index contributed by atoms with van der Waals surface area (Å²) in [5, 5.41) is 8.90. The highest BCUT2D eigenvalue weighted by Crippen LogP contribution is 2.39. The van der Waals surface area contributed by atoms with E-state index in [0.29, 0.717) is 0 Å². The highest BCUT2D eigenvalue weighted by Gasteiger charge is 2.23. The van der Waals surface area contributed by atoms with Crippen LogP contribution >= 0.6 is 11.8 Å². The van der Waals surface area contributed by atoms with E-state index in [-0.39, 0.29) is 11.3 Å². The predicted molar refractivity (Wildman–Crippen MR) is 76.2 cm³/mol. The van der Waals surface area contributed by atoms with Gasteiger partial charge in [-0.25, -0.2) is 0 Å². The van der Waals surface area contributed by atoms with Crippen molar-refractivity contribution < 1.29 is 4.74 Å². The zero-order valence-electron chi connectivity index (χ0n) is 11.3. The van der Waals surface area contributed by atoms with Crippen molar-refractivity contribution >= 4 is 11.8 Å². The van der Waals surface area contributed by atoms with E-state index in [0.717, 1.165) is 16.5 Å². The molecule has 0 saturated carbocycles. The molecule has 1 aromatic heterocycles. The number of para-hydroxylation sites is 1. The standard InChI is InChI=1S/C13H18N4OS/c1-9(14)12(19-13-16-15-8-17(13)2)10-6-4-5-7-11(10)18-3/h4-9,12H,14H2,1-3H3. The number of benzene rings is 1. The first kappa shape index (κ1) is 13.9. The normalized spacial score (nSPS) is 14.1. The first-order valence-corrected chi connectivity index (χ1v) is 6.90. The molecule has 0 aliphatic carbocycles. The predicted octanol–water partition coefficient (Wildman–Crippen LogP) is 2.00. The lowest BCUT2D eigenvalue weighted by Gasteiger charge is -2.22. The molecular weight excluding hydrogens is 260 g/mol. The van der Waals surface area contributed by atoms with Crippen LogP contribution in [0.4, 0.5) is 0 Å². The number of nitrogens with zero attached hydrogens (tertiary/aromatic N) is 3. The second-order valence-electron chi connectivity index (χ2n) is 4.36. The molecule has 0 saturated heterocycles. The number of hydrogen-bond donors (Lipinski definition) is 1. The molecule has 6 heteroatoms. The van der Waals surface area contributed by atoms with Gasteiger partial charge in [-0.1, -0.05) is 30.0 Å². The summed E-state index contributed by atoms with van der Waals surface area (Å²) in [5.41, 5.74) is 7.20. The van der Waals surface area contributed by atoms with Crippen molar-refractivity contribution in [3.63, 3.8) is 0 Å². The van der Waals surface area contributed by atoms with Gasteiger partial charge in [0.2, 0.25) is 0 Å². The molecule has 2 unspecified atom stereocenters. The second kappa shape index (κ2) is 6.08. The summed E-state index contributed by atoms with van der Waals surface area (Å²) in [6, 6.07) is 7.90. The van der Waals surface area contributed by atoms with Crippen molar-refractivity contribution in [2.75, 3.05) is 7.11 Å². The van der Waals surface area contributed by atoms with Gasteiger partial charge in [0.25, 0.3) is 0 Å². The summed E-state index contributed by atoms with van der Waals surface area (Å²) in [4.78, 5) is 0. The summed E-state index contributed by atoms with van der Waals surface area (Å²) in [5.74, 6) is 0.847. The van der Waals surface area contributed by atoms with Crippen LogP contribution in [-0.2, 0) is 7.05 Å². The van der Waals surface area contributed by atoms with Gasteiger partial charge in [-0.05, 0) is 13.0 Å². The lowest BCUT2D eigenvalue weighted by molar-refractivity contribution is 0.408. The third-order valence-electron chi connectivity index (χ3n) is 2.83. The van der Waals surface area contributed by atoms with Crippen molar-refractivity contribution in [1.29, 1.82) is 0 Å². The minimum atomic E-state index is -0.0296. The Kier molecular flexibility index (Phi) is 4.44. The number of aromatic nitrogens is 3. The third-order valence-corrected chi connectivity index (χ3v) is 4.34. The largest absolute Gasteiger partial charge is 0.496 e. The molecule has 0 spiro atoms. The Morgan fingerprint density at radius 1 is 1.37 bits per heavy atom. The summed E-state index contributed by atoms with van der Waals surface area (Å²) in [7, 11) is 3.59. The van der Waals surface area contributed by atoms with Crippen molar-refractivity contribution in [3.8, 4) is 5.75 Å². The molecule has 0 amide bonds. The van der Waals surface area contributed by atoms with E-state index in [2.05, 4.69) is 10.2 Å². The Labute approximate surface area is 117 Å². The molecule has 102 valence electrons. The fraction of sp³-hybridized carbons (Fsp3) is 0.385. The quantitative estimate of drug-likeness (QED) is 0.847. The number of ether oxygens (including phenoxy) is 1. The van der Waals surface area contributed by atoms with Crippen molar-refractivity contribution in [2.45, 2.75) is 23.4 Å². The van der Waals surface area contributed by atoms with Crippen molar-refractivity contribution in [2.24, 2.45) is 12.8 Å². The van der Waals surface area contributed by atoms with Gasteiger partial charge >= 0.3 is 0 Å². The van der Waals surface area contributed by atoms with Crippen molar-refractivity contribution in [1.82, 2.24) is 14.8 Å². The van der Waals surface area contributed by atoms with Crippen LogP contribution in [0.5, 0.6) is 5.75 Å². The van der Waals surface area contributed by atoms with Gasteiger partial charge in [-0.15, -0.1) is 10.2 Å². The van der Waals surface area contributed by atoms with Crippen LogP contribution in [0.1, 0.15) is 17.7 Å². The van der Waals surface area contributed by atoms with E-state index in [9.17, 15) is 0 Å². The first-order valence-electron chi connectivity index (χ1n) is 6.02. The average Bonchev–Trinajstić information content (AvgIpc) is 2.81. The summed E-state index contributed by atoms with van der Waals surface area (Å²) in [6.07, 6.45) is 1.68. The molecule has 0 radical (unpaired) electrons. The van der Waals surface area contributed by atoms with E-state index >= 15 is 0 Å². The molecular formula is C13H18N4OS. The van der Waals surface area contributed by atoms with Crippen LogP contribution < -0.4 is 10.5 Å². The van der Waals surface area contributed by atoms with Gasteiger partial charge in [0.1, 0.15) is 12.1 Å². The van der Waals surface area contributed by atoms with E-state index in [1.165, 1.54) is 0 Å². The Bertz CT molecular complexity index is 541. The number of rotatable bonds is 5. The van der Waals surface area contributed by atoms with Gasteiger partial charge in [0, 0.05) is 18.7 Å². The number of thioether (sulfide) groups is 1. The SMILES string of the molecule is COc1ccccc1C(Sc1nncn1C)C(C)N. The van der Waals surface area contributed by atoms with Crippen LogP contribution in [0.3, 0.4) is 0 Å². The van der Waals surface area contributed by atoms with E-state index in [1.54, 1.807) is 25.2 Å². The maximum atomic E-state index is 6.13. The number of methoxy groups -OCH3 is 1. The Hall–Kier alpha value is -1.53. The minimum Gasteiger partial charge on any atom is -0.496 e. The average molecular weight is 278 g/mol. The molecule has 0 aliphatic heterocycles. The molecule has 2 atom stereocenters. The van der Waals surface area contributed by atoms with Gasteiger partial charge in [0.05, 0.1) is 12.4 Å². The van der Waals surface area contributed by atoms with Crippen molar-refractivity contribution in [3.05, 3.63) is 36.2 Å². The van der Waals surface area contributed by atoms with E-state index in [1.807, 2.05) is 42.8 Å². The highest BCUT2D eigenvalue weighted by atomic mass is 32.2.